The van der Waals surface area contributed by atoms with Crippen LogP contribution < -0.4 is 10.2 Å². The third-order valence-electron chi connectivity index (χ3n) is 3.63. The van der Waals surface area contributed by atoms with Gasteiger partial charge >= 0.3 is 6.03 Å². The number of rotatable bonds is 4. The summed E-state index contributed by atoms with van der Waals surface area (Å²) in [6.45, 7) is -0.776. The molecule has 1 aliphatic rings. The molecule has 0 bridgehead atoms. The van der Waals surface area contributed by atoms with Gasteiger partial charge in [0.25, 0.3) is 5.91 Å². The van der Waals surface area contributed by atoms with Crippen LogP contribution in [0.1, 0.15) is 0 Å². The van der Waals surface area contributed by atoms with Gasteiger partial charge < -0.3 is 5.32 Å². The molecule has 8 heteroatoms. The van der Waals surface area contributed by atoms with Crippen molar-refractivity contribution in [2.45, 2.75) is 0 Å². The summed E-state index contributed by atoms with van der Waals surface area (Å²) in [4.78, 5) is 38.4. The highest BCUT2D eigenvalue weighted by Crippen LogP contribution is 2.21. The molecule has 0 unspecified atom stereocenters. The number of nitrogens with one attached hydrogen (secondary N) is 1. The van der Waals surface area contributed by atoms with Crippen LogP contribution in [0.5, 0.6) is 0 Å². The van der Waals surface area contributed by atoms with Crippen molar-refractivity contribution in [2.75, 3.05) is 23.3 Å². The van der Waals surface area contributed by atoms with Crippen LogP contribution in [0, 0.1) is 11.6 Å². The number of hydrogen-bond acceptors (Lipinski definition) is 3. The predicted octanol–water partition coefficient (Wildman–Crippen LogP) is 2.37. The van der Waals surface area contributed by atoms with Gasteiger partial charge in [-0.15, -0.1) is 0 Å². The van der Waals surface area contributed by atoms with Crippen LogP contribution in [-0.2, 0) is 9.59 Å². The molecule has 0 aliphatic carbocycles. The number of para-hydroxylation sites is 1. The average molecular weight is 345 g/mol. The van der Waals surface area contributed by atoms with Crippen molar-refractivity contribution < 1.29 is 23.2 Å². The lowest BCUT2D eigenvalue weighted by molar-refractivity contribution is -0.128. The minimum atomic E-state index is -0.820. The van der Waals surface area contributed by atoms with E-state index in [0.717, 1.165) is 23.1 Å². The predicted molar refractivity (Wildman–Crippen MR) is 85.9 cm³/mol. The number of carbonyl (C=O) groups excluding carboxylic acids is 3. The highest BCUT2D eigenvalue weighted by molar-refractivity contribution is 6.14. The molecule has 1 heterocycles. The molecule has 1 saturated heterocycles. The first-order valence-electron chi connectivity index (χ1n) is 7.37. The summed E-state index contributed by atoms with van der Waals surface area (Å²) in [6.07, 6.45) is 0. The van der Waals surface area contributed by atoms with E-state index in [1.165, 1.54) is 4.90 Å². The van der Waals surface area contributed by atoms with Crippen LogP contribution in [0.2, 0.25) is 0 Å². The molecule has 1 fully saturated rings. The van der Waals surface area contributed by atoms with E-state index in [-0.39, 0.29) is 12.2 Å². The van der Waals surface area contributed by atoms with Crippen molar-refractivity contribution in [2.24, 2.45) is 0 Å². The van der Waals surface area contributed by atoms with Crippen LogP contribution in [0.3, 0.4) is 0 Å². The van der Waals surface area contributed by atoms with Gasteiger partial charge in [-0.05, 0) is 24.3 Å². The Bertz CT molecular complexity index is 842. The number of hydrogen-bond donors (Lipinski definition) is 1. The largest absolute Gasteiger partial charge is 0.332 e. The summed E-state index contributed by atoms with van der Waals surface area (Å²) in [5.74, 6) is -2.90. The molecular formula is C17H13F2N3O3. The van der Waals surface area contributed by atoms with Crippen molar-refractivity contribution in [3.63, 3.8) is 0 Å². The lowest BCUT2D eigenvalue weighted by Gasteiger charge is -2.17. The maximum Gasteiger partial charge on any atom is 0.332 e. The van der Waals surface area contributed by atoms with Gasteiger partial charge in [-0.3, -0.25) is 19.4 Å². The summed E-state index contributed by atoms with van der Waals surface area (Å²) in [7, 11) is 0. The van der Waals surface area contributed by atoms with Gasteiger partial charge in [-0.25, -0.2) is 13.6 Å². The van der Waals surface area contributed by atoms with E-state index >= 15 is 0 Å². The molecule has 6 nitrogen and oxygen atoms in total. The van der Waals surface area contributed by atoms with Crippen LogP contribution in [0.4, 0.5) is 25.0 Å². The summed E-state index contributed by atoms with van der Waals surface area (Å²) < 4.78 is 26.7. The minimum Gasteiger partial charge on any atom is -0.322 e. The Kier molecular flexibility index (Phi) is 4.42. The normalized spacial score (nSPS) is 14.2. The Morgan fingerprint density at radius 1 is 1.08 bits per heavy atom. The first-order valence-corrected chi connectivity index (χ1v) is 7.37. The molecule has 4 amide bonds. The number of nitrogens with zero attached hydrogens (tertiary/aromatic N) is 2. The smallest absolute Gasteiger partial charge is 0.322 e. The first kappa shape index (κ1) is 16.6. The second-order valence-corrected chi connectivity index (χ2v) is 5.36. The zero-order valence-electron chi connectivity index (χ0n) is 12.9. The number of carbonyl (C=O) groups is 3. The fraction of sp³-hybridized carbons (Fsp3) is 0.118. The zero-order chi connectivity index (χ0) is 18.0. The quantitative estimate of drug-likeness (QED) is 0.865. The lowest BCUT2D eigenvalue weighted by atomic mass is 10.3. The van der Waals surface area contributed by atoms with E-state index in [2.05, 4.69) is 5.32 Å². The third kappa shape index (κ3) is 3.47. The van der Waals surface area contributed by atoms with Gasteiger partial charge in [0.2, 0.25) is 5.91 Å². The molecule has 0 aromatic heterocycles. The van der Waals surface area contributed by atoms with Gasteiger partial charge in [-0.1, -0.05) is 18.2 Å². The molecule has 0 saturated carbocycles. The number of benzene rings is 2. The van der Waals surface area contributed by atoms with Crippen LogP contribution in [0.25, 0.3) is 0 Å². The summed E-state index contributed by atoms with van der Waals surface area (Å²) >= 11 is 0. The molecule has 0 spiro atoms. The molecule has 2 aromatic rings. The zero-order valence-corrected chi connectivity index (χ0v) is 12.9. The van der Waals surface area contributed by atoms with E-state index in [9.17, 15) is 23.2 Å². The fourth-order valence-corrected chi connectivity index (χ4v) is 2.43. The van der Waals surface area contributed by atoms with Gasteiger partial charge in [0.1, 0.15) is 24.7 Å². The Balaban J connectivity index is 1.70. The van der Waals surface area contributed by atoms with Crippen LogP contribution >= 0.6 is 0 Å². The first-order chi connectivity index (χ1) is 12.0. The highest BCUT2D eigenvalue weighted by Gasteiger charge is 2.37. The fourth-order valence-electron chi connectivity index (χ4n) is 2.43. The number of urea groups is 1. The number of imide groups is 1. The van der Waals surface area contributed by atoms with E-state index in [4.69, 9.17) is 0 Å². The molecule has 2 aromatic carbocycles. The van der Waals surface area contributed by atoms with Crippen molar-refractivity contribution in [3.8, 4) is 0 Å². The number of anilines is 2. The van der Waals surface area contributed by atoms with Gasteiger partial charge in [-0.2, -0.15) is 0 Å². The number of amides is 4. The molecule has 25 heavy (non-hydrogen) atoms. The summed E-state index contributed by atoms with van der Waals surface area (Å²) in [5.41, 5.74) is 0.170. The topological polar surface area (TPSA) is 69.7 Å². The molecule has 0 radical (unpaired) electrons. The molecular weight excluding hydrogens is 332 g/mol. The molecule has 3 rings (SSSR count). The maximum absolute atomic E-state index is 13.5. The Morgan fingerprint density at radius 3 is 2.52 bits per heavy atom. The van der Waals surface area contributed by atoms with E-state index in [1.54, 1.807) is 30.3 Å². The summed E-state index contributed by atoms with van der Waals surface area (Å²) in [5, 5.41) is 2.16. The molecule has 128 valence electrons. The monoisotopic (exact) mass is 345 g/mol. The van der Waals surface area contributed by atoms with Crippen molar-refractivity contribution >= 4 is 29.2 Å². The van der Waals surface area contributed by atoms with Gasteiger partial charge in [0.05, 0.1) is 5.69 Å². The minimum absolute atomic E-state index is 0.190. The second-order valence-electron chi connectivity index (χ2n) is 5.36. The molecule has 0 atom stereocenters. The van der Waals surface area contributed by atoms with Gasteiger partial charge in [0.15, 0.2) is 0 Å². The Labute approximate surface area is 141 Å². The van der Waals surface area contributed by atoms with Crippen LogP contribution in [-0.4, -0.2) is 35.8 Å². The van der Waals surface area contributed by atoms with Crippen molar-refractivity contribution in [1.82, 2.24) is 4.90 Å². The molecule has 1 N–H and O–H groups in total. The molecule has 1 aliphatic heterocycles. The Morgan fingerprint density at radius 2 is 1.80 bits per heavy atom. The van der Waals surface area contributed by atoms with Crippen molar-refractivity contribution in [1.29, 1.82) is 0 Å². The third-order valence-corrected chi connectivity index (χ3v) is 3.63. The lowest BCUT2D eigenvalue weighted by Crippen LogP contribution is -2.39. The average Bonchev–Trinajstić information content (AvgIpc) is 2.87. The van der Waals surface area contributed by atoms with E-state index < -0.39 is 36.0 Å². The standard InChI is InChI=1S/C17H13F2N3O3/c18-11-6-7-13(19)14(8-11)20-15(23)9-22-16(24)10-21(17(22)25)12-4-2-1-3-5-12/h1-8H,9-10H2,(H,20,23). The van der Waals surface area contributed by atoms with Crippen molar-refractivity contribution in [3.05, 3.63) is 60.2 Å². The number of halogens is 2. The second kappa shape index (κ2) is 6.68. The maximum atomic E-state index is 13.5. The SMILES string of the molecule is O=C(CN1C(=O)CN(c2ccccc2)C1=O)Nc1cc(F)ccc1F. The Hall–Kier alpha value is -3.29. The van der Waals surface area contributed by atoms with E-state index in [1.807, 2.05) is 0 Å². The van der Waals surface area contributed by atoms with Gasteiger partial charge in [0, 0.05) is 11.8 Å². The van der Waals surface area contributed by atoms with Crippen LogP contribution in [0.15, 0.2) is 48.5 Å². The summed E-state index contributed by atoms with van der Waals surface area (Å²) in [6, 6.07) is 10.5. The van der Waals surface area contributed by atoms with E-state index in [0.29, 0.717) is 5.69 Å². The highest BCUT2D eigenvalue weighted by atomic mass is 19.1.